The van der Waals surface area contributed by atoms with Crippen molar-refractivity contribution in [1.82, 2.24) is 4.98 Å². The summed E-state index contributed by atoms with van der Waals surface area (Å²) in [6.45, 7) is 0. The lowest BCUT2D eigenvalue weighted by molar-refractivity contribution is 0.414. The lowest BCUT2D eigenvalue weighted by atomic mass is 10.2. The summed E-state index contributed by atoms with van der Waals surface area (Å²) >= 11 is 1.55. The average molecular weight is 353 g/mol. The number of hydrazone groups is 1. The normalized spacial score (nSPS) is 10.8. The molecule has 0 atom stereocenters. The van der Waals surface area contributed by atoms with Crippen molar-refractivity contribution in [3.8, 4) is 22.8 Å². The number of hydrogen-bond acceptors (Lipinski definition) is 6. The molecule has 0 saturated carbocycles. The molecule has 3 rings (SSSR count). The number of aromatic nitrogens is 1. The largest absolute Gasteiger partial charge is 0.497 e. The first-order valence-corrected chi connectivity index (χ1v) is 8.59. The summed E-state index contributed by atoms with van der Waals surface area (Å²) in [6.07, 6.45) is 1.80. The maximum atomic E-state index is 5.18. The fourth-order valence-corrected chi connectivity index (χ4v) is 2.96. The zero-order valence-corrected chi connectivity index (χ0v) is 15.2. The minimum Gasteiger partial charge on any atom is -0.497 e. The third kappa shape index (κ3) is 4.16. The molecule has 0 radical (unpaired) electrons. The van der Waals surface area contributed by atoms with Gasteiger partial charge in [-0.2, -0.15) is 5.10 Å². The molecule has 2 aromatic carbocycles. The van der Waals surface area contributed by atoms with Gasteiger partial charge in [0.25, 0.3) is 0 Å². The van der Waals surface area contributed by atoms with Crippen LogP contribution in [0.1, 0.15) is 5.56 Å². The van der Waals surface area contributed by atoms with Gasteiger partial charge in [0, 0.05) is 18.0 Å². The molecule has 0 fully saturated rings. The van der Waals surface area contributed by atoms with Gasteiger partial charge in [0.1, 0.15) is 11.5 Å². The van der Waals surface area contributed by atoms with Gasteiger partial charge in [-0.1, -0.05) is 0 Å². The Hall–Kier alpha value is -2.86. The average Bonchev–Trinajstić information content (AvgIpc) is 3.17. The molecule has 5 nitrogen and oxygen atoms in total. The van der Waals surface area contributed by atoms with E-state index in [4.69, 9.17) is 9.47 Å². The Balaban J connectivity index is 1.70. The van der Waals surface area contributed by atoms with E-state index in [0.717, 1.165) is 33.5 Å². The number of rotatable bonds is 6. The standard InChI is InChI=1S/C19H19N3O2S/c1-22(20-12-14-4-8-16(23-2)9-5-14)19-21-18(13-25-19)15-6-10-17(24-3)11-7-15/h4-13H,1-3H3/b20-12+. The molecule has 25 heavy (non-hydrogen) atoms. The number of thiazole rings is 1. The van der Waals surface area contributed by atoms with Gasteiger partial charge in [0.2, 0.25) is 5.13 Å². The molecule has 0 aliphatic carbocycles. The van der Waals surface area contributed by atoms with Gasteiger partial charge in [-0.25, -0.2) is 9.99 Å². The maximum Gasteiger partial charge on any atom is 0.206 e. The van der Waals surface area contributed by atoms with Gasteiger partial charge >= 0.3 is 0 Å². The van der Waals surface area contributed by atoms with Crippen LogP contribution in [0.3, 0.4) is 0 Å². The van der Waals surface area contributed by atoms with E-state index in [1.54, 1.807) is 36.8 Å². The van der Waals surface area contributed by atoms with E-state index >= 15 is 0 Å². The molecule has 0 bridgehead atoms. The molecule has 1 aromatic heterocycles. The maximum absolute atomic E-state index is 5.18. The molecule has 6 heteroatoms. The molecule has 1 heterocycles. The third-order valence-corrected chi connectivity index (χ3v) is 4.56. The van der Waals surface area contributed by atoms with Gasteiger partial charge in [-0.3, -0.25) is 0 Å². The number of methoxy groups -OCH3 is 2. The summed E-state index contributed by atoms with van der Waals surface area (Å²) in [4.78, 5) is 4.65. The van der Waals surface area contributed by atoms with Crippen LogP contribution in [0, 0.1) is 0 Å². The molecule has 0 aliphatic heterocycles. The molecule has 0 amide bonds. The highest BCUT2D eigenvalue weighted by molar-refractivity contribution is 7.14. The lowest BCUT2D eigenvalue weighted by Crippen LogP contribution is -2.08. The SMILES string of the molecule is COc1ccc(/C=N/N(C)c2nc(-c3ccc(OC)cc3)cs2)cc1. The highest BCUT2D eigenvalue weighted by Gasteiger charge is 2.08. The second kappa shape index (κ2) is 7.81. The summed E-state index contributed by atoms with van der Waals surface area (Å²) < 4.78 is 10.3. The van der Waals surface area contributed by atoms with Crippen LogP contribution in [0.15, 0.2) is 59.0 Å². The first kappa shape index (κ1) is 17.0. The molecule has 3 aromatic rings. The second-order valence-corrected chi connectivity index (χ2v) is 6.12. The Labute approximate surface area is 151 Å². The topological polar surface area (TPSA) is 47.0 Å². The molecule has 128 valence electrons. The van der Waals surface area contributed by atoms with Crippen molar-refractivity contribution in [2.24, 2.45) is 5.10 Å². The Morgan fingerprint density at radius 3 is 2.16 bits per heavy atom. The Morgan fingerprint density at radius 2 is 1.56 bits per heavy atom. The van der Waals surface area contributed by atoms with Crippen molar-refractivity contribution in [3.05, 3.63) is 59.5 Å². The highest BCUT2D eigenvalue weighted by atomic mass is 32.1. The van der Waals surface area contributed by atoms with Crippen LogP contribution in [0.25, 0.3) is 11.3 Å². The van der Waals surface area contributed by atoms with Crippen molar-refractivity contribution in [1.29, 1.82) is 0 Å². The van der Waals surface area contributed by atoms with Crippen LogP contribution >= 0.6 is 11.3 Å². The van der Waals surface area contributed by atoms with Gasteiger partial charge < -0.3 is 9.47 Å². The first-order chi connectivity index (χ1) is 12.2. The zero-order valence-electron chi connectivity index (χ0n) is 14.3. The van der Waals surface area contributed by atoms with Crippen LogP contribution in [-0.4, -0.2) is 32.5 Å². The quantitative estimate of drug-likeness (QED) is 0.490. The molecule has 0 saturated heterocycles. The Morgan fingerprint density at radius 1 is 0.960 bits per heavy atom. The molecule has 0 aliphatic rings. The first-order valence-electron chi connectivity index (χ1n) is 7.71. The fourth-order valence-electron chi connectivity index (χ4n) is 2.20. The van der Waals surface area contributed by atoms with Crippen LogP contribution < -0.4 is 14.5 Å². The number of anilines is 1. The van der Waals surface area contributed by atoms with Crippen LogP contribution in [0.4, 0.5) is 5.13 Å². The molecule has 0 spiro atoms. The van der Waals surface area contributed by atoms with Gasteiger partial charge in [0.05, 0.1) is 26.1 Å². The number of benzene rings is 2. The van der Waals surface area contributed by atoms with E-state index in [2.05, 4.69) is 10.1 Å². The van der Waals surface area contributed by atoms with Crippen molar-refractivity contribution >= 4 is 22.7 Å². The van der Waals surface area contributed by atoms with Crippen LogP contribution in [0.2, 0.25) is 0 Å². The summed E-state index contributed by atoms with van der Waals surface area (Å²) in [5.74, 6) is 1.66. The highest BCUT2D eigenvalue weighted by Crippen LogP contribution is 2.28. The summed E-state index contributed by atoms with van der Waals surface area (Å²) in [6, 6.07) is 15.6. The van der Waals surface area contributed by atoms with Crippen LogP contribution in [0.5, 0.6) is 11.5 Å². The van der Waals surface area contributed by atoms with E-state index < -0.39 is 0 Å². The smallest absolute Gasteiger partial charge is 0.206 e. The molecule has 0 unspecified atom stereocenters. The summed E-state index contributed by atoms with van der Waals surface area (Å²) in [5, 5.41) is 9.07. The number of nitrogens with zero attached hydrogens (tertiary/aromatic N) is 3. The van der Waals surface area contributed by atoms with Gasteiger partial charge in [-0.15, -0.1) is 11.3 Å². The van der Waals surface area contributed by atoms with Crippen molar-refractivity contribution < 1.29 is 9.47 Å². The minimum atomic E-state index is 0.828. The van der Waals surface area contributed by atoms with E-state index in [1.165, 1.54) is 0 Å². The molecule has 0 N–H and O–H groups in total. The summed E-state index contributed by atoms with van der Waals surface area (Å²) in [5.41, 5.74) is 2.98. The number of hydrogen-bond donors (Lipinski definition) is 0. The minimum absolute atomic E-state index is 0.828. The van der Waals surface area contributed by atoms with Gasteiger partial charge in [-0.05, 0) is 54.1 Å². The van der Waals surface area contributed by atoms with Crippen molar-refractivity contribution in [3.63, 3.8) is 0 Å². The van der Waals surface area contributed by atoms with E-state index in [0.29, 0.717) is 0 Å². The third-order valence-electron chi connectivity index (χ3n) is 3.65. The predicted molar refractivity (Wildman–Crippen MR) is 103 cm³/mol. The van der Waals surface area contributed by atoms with E-state index in [-0.39, 0.29) is 0 Å². The fraction of sp³-hybridized carbons (Fsp3) is 0.158. The van der Waals surface area contributed by atoms with Crippen LogP contribution in [-0.2, 0) is 0 Å². The monoisotopic (exact) mass is 353 g/mol. The molecular formula is C19H19N3O2S. The lowest BCUT2D eigenvalue weighted by Gasteiger charge is -2.08. The zero-order chi connectivity index (χ0) is 17.6. The van der Waals surface area contributed by atoms with E-state index in [9.17, 15) is 0 Å². The number of ether oxygens (including phenoxy) is 2. The summed E-state index contributed by atoms with van der Waals surface area (Å²) in [7, 11) is 5.20. The predicted octanol–water partition coefficient (Wildman–Crippen LogP) is 4.30. The van der Waals surface area contributed by atoms with Crippen molar-refractivity contribution in [2.45, 2.75) is 0 Å². The Kier molecular flexibility index (Phi) is 5.30. The van der Waals surface area contributed by atoms with Crippen molar-refractivity contribution in [2.75, 3.05) is 26.3 Å². The Bertz CT molecular complexity index is 842. The second-order valence-electron chi connectivity index (χ2n) is 5.29. The van der Waals surface area contributed by atoms with Gasteiger partial charge in [0.15, 0.2) is 0 Å². The van der Waals surface area contributed by atoms with E-state index in [1.807, 2.05) is 61.0 Å². The molecular weight excluding hydrogens is 334 g/mol.